The second-order valence-electron chi connectivity index (χ2n) is 4.89. The number of carboxylic acid groups (broad SMARTS) is 1. The number of hydrogen-bond acceptors (Lipinski definition) is 1. The van der Waals surface area contributed by atoms with Crippen molar-refractivity contribution < 1.29 is 9.90 Å². The molecule has 2 nitrogen and oxygen atoms in total. The third-order valence-electron chi connectivity index (χ3n) is 3.44. The molecule has 0 aliphatic heterocycles. The Kier molecular flexibility index (Phi) is 6.20. The molecular formula is C16H22O2. The van der Waals surface area contributed by atoms with Gasteiger partial charge in [-0.05, 0) is 37.0 Å². The van der Waals surface area contributed by atoms with E-state index in [1.807, 2.05) is 0 Å². The van der Waals surface area contributed by atoms with Gasteiger partial charge in [0, 0.05) is 6.08 Å². The van der Waals surface area contributed by atoms with Crippen molar-refractivity contribution in [3.05, 3.63) is 49.1 Å². The molecule has 3 rings (SSSR count). The number of hydrogen-bond donors (Lipinski definition) is 1. The predicted octanol–water partition coefficient (Wildman–Crippen LogP) is 3.98. The monoisotopic (exact) mass is 246 g/mol. The molecule has 1 fully saturated rings. The van der Waals surface area contributed by atoms with Crippen LogP contribution in [0.15, 0.2) is 49.1 Å². The smallest absolute Gasteiger partial charge is 0.327 e. The second-order valence-corrected chi connectivity index (χ2v) is 4.89. The number of carbonyl (C=O) groups is 1. The van der Waals surface area contributed by atoms with Crippen molar-refractivity contribution in [2.24, 2.45) is 17.8 Å². The van der Waals surface area contributed by atoms with E-state index in [0.717, 1.165) is 30.3 Å². The quantitative estimate of drug-likeness (QED) is 0.561. The largest absolute Gasteiger partial charge is 0.478 e. The minimum Gasteiger partial charge on any atom is -0.478 e. The molecule has 98 valence electrons. The molecule has 2 bridgehead atoms. The van der Waals surface area contributed by atoms with Gasteiger partial charge in [-0.1, -0.05) is 50.0 Å². The van der Waals surface area contributed by atoms with Crippen LogP contribution in [0.5, 0.6) is 0 Å². The molecule has 3 aliphatic carbocycles. The van der Waals surface area contributed by atoms with Gasteiger partial charge in [-0.3, -0.25) is 0 Å². The van der Waals surface area contributed by atoms with Crippen LogP contribution in [0.3, 0.4) is 0 Å². The van der Waals surface area contributed by atoms with Crippen molar-refractivity contribution in [2.45, 2.75) is 26.2 Å². The molecular weight excluding hydrogens is 224 g/mol. The van der Waals surface area contributed by atoms with Crippen LogP contribution in [0.4, 0.5) is 0 Å². The van der Waals surface area contributed by atoms with Crippen molar-refractivity contribution in [3.8, 4) is 0 Å². The van der Waals surface area contributed by atoms with Crippen LogP contribution in [0.2, 0.25) is 0 Å². The summed E-state index contributed by atoms with van der Waals surface area (Å²) in [4.78, 5) is 9.25. The van der Waals surface area contributed by atoms with Crippen LogP contribution in [-0.2, 0) is 4.79 Å². The Bertz CT molecular complexity index is 353. The van der Waals surface area contributed by atoms with Gasteiger partial charge in [0.05, 0.1) is 0 Å². The first-order chi connectivity index (χ1) is 8.63. The Morgan fingerprint density at radius 3 is 2.06 bits per heavy atom. The van der Waals surface area contributed by atoms with Gasteiger partial charge in [0.2, 0.25) is 0 Å². The van der Waals surface area contributed by atoms with E-state index in [4.69, 9.17) is 5.11 Å². The van der Waals surface area contributed by atoms with Crippen molar-refractivity contribution in [1.29, 1.82) is 0 Å². The van der Waals surface area contributed by atoms with Gasteiger partial charge in [0.15, 0.2) is 0 Å². The van der Waals surface area contributed by atoms with Gasteiger partial charge >= 0.3 is 5.97 Å². The summed E-state index contributed by atoms with van der Waals surface area (Å²) in [5.74, 6) is 1.94. The predicted molar refractivity (Wildman–Crippen MR) is 75.2 cm³/mol. The molecule has 0 spiro atoms. The minimum absolute atomic E-state index is 0.833. The first-order valence-electron chi connectivity index (χ1n) is 6.48. The molecule has 0 aromatic rings. The van der Waals surface area contributed by atoms with Gasteiger partial charge in [-0.25, -0.2) is 4.79 Å². The lowest BCUT2D eigenvalue weighted by molar-refractivity contribution is -0.131. The third-order valence-corrected chi connectivity index (χ3v) is 3.44. The molecule has 3 unspecified atom stereocenters. The third kappa shape index (κ3) is 5.17. The molecule has 0 aromatic carbocycles. The fourth-order valence-electron chi connectivity index (χ4n) is 2.45. The molecule has 0 aromatic heterocycles. The van der Waals surface area contributed by atoms with Crippen molar-refractivity contribution >= 4 is 5.97 Å². The Morgan fingerprint density at radius 2 is 1.89 bits per heavy atom. The van der Waals surface area contributed by atoms with Crippen molar-refractivity contribution in [2.75, 3.05) is 0 Å². The van der Waals surface area contributed by atoms with E-state index in [0.29, 0.717) is 0 Å². The van der Waals surface area contributed by atoms with Crippen LogP contribution in [-0.4, -0.2) is 11.1 Å². The van der Waals surface area contributed by atoms with Crippen LogP contribution in [0, 0.1) is 17.8 Å². The first-order valence-corrected chi connectivity index (χ1v) is 6.48. The number of allylic oxidation sites excluding steroid dienone is 6. The summed E-state index contributed by atoms with van der Waals surface area (Å²) in [6.07, 6.45) is 18.0. The fourth-order valence-corrected chi connectivity index (χ4v) is 2.45. The van der Waals surface area contributed by atoms with E-state index in [1.165, 1.54) is 12.8 Å². The van der Waals surface area contributed by atoms with E-state index in [9.17, 15) is 4.79 Å². The van der Waals surface area contributed by atoms with Gasteiger partial charge in [-0.15, -0.1) is 0 Å². The van der Waals surface area contributed by atoms with E-state index in [-0.39, 0.29) is 0 Å². The topological polar surface area (TPSA) is 37.3 Å². The molecule has 1 N–H and O–H groups in total. The fraction of sp³-hybridized carbons (Fsp3) is 0.438. The maximum atomic E-state index is 9.25. The van der Waals surface area contributed by atoms with E-state index in [2.05, 4.69) is 50.0 Å². The summed E-state index contributed by atoms with van der Waals surface area (Å²) >= 11 is 0. The number of aliphatic carboxylic acids is 1. The maximum absolute atomic E-state index is 9.25. The Labute approximate surface area is 109 Å². The average Bonchev–Trinajstić information content (AvgIpc) is 3.08. The molecule has 3 atom stereocenters. The SMILES string of the molecule is C1=CCC=C1.C=CC(=O)O.CC1CC2C=CC1C2. The van der Waals surface area contributed by atoms with Gasteiger partial charge in [-0.2, -0.15) is 0 Å². The van der Waals surface area contributed by atoms with Gasteiger partial charge in [0.1, 0.15) is 0 Å². The lowest BCUT2D eigenvalue weighted by Crippen LogP contribution is -1.99. The van der Waals surface area contributed by atoms with Gasteiger partial charge in [0.25, 0.3) is 0 Å². The molecule has 0 saturated heterocycles. The summed E-state index contributed by atoms with van der Waals surface area (Å²) in [5, 5.41) is 7.60. The average molecular weight is 246 g/mol. The highest BCUT2D eigenvalue weighted by atomic mass is 16.4. The van der Waals surface area contributed by atoms with Crippen LogP contribution in [0.25, 0.3) is 0 Å². The highest BCUT2D eigenvalue weighted by Gasteiger charge is 2.32. The van der Waals surface area contributed by atoms with Crippen molar-refractivity contribution in [3.63, 3.8) is 0 Å². The molecule has 2 heteroatoms. The normalized spacial score (nSPS) is 29.3. The molecule has 3 aliphatic rings. The standard InChI is InChI=1S/C8H12.C5H6.C3H4O2/c1-6-4-7-2-3-8(6)5-7;1-2-4-5-3-1;1-2-3(4)5/h2-3,6-8H,4-5H2,1H3;1-4H,5H2;2H,1H2,(H,4,5). The lowest BCUT2D eigenvalue weighted by atomic mass is 9.96. The van der Waals surface area contributed by atoms with Crippen LogP contribution in [0.1, 0.15) is 26.2 Å². The van der Waals surface area contributed by atoms with E-state index in [1.54, 1.807) is 0 Å². The second kappa shape index (κ2) is 7.70. The zero-order valence-electron chi connectivity index (χ0n) is 11.0. The Morgan fingerprint density at radius 1 is 1.28 bits per heavy atom. The van der Waals surface area contributed by atoms with E-state index < -0.39 is 5.97 Å². The van der Waals surface area contributed by atoms with Gasteiger partial charge < -0.3 is 5.11 Å². The highest BCUT2D eigenvalue weighted by molar-refractivity contribution is 5.78. The number of fused-ring (bicyclic) bond motifs is 2. The minimum atomic E-state index is -0.981. The maximum Gasteiger partial charge on any atom is 0.327 e. The molecule has 0 heterocycles. The Balaban J connectivity index is 0.000000143. The molecule has 0 radical (unpaired) electrons. The van der Waals surface area contributed by atoms with Crippen LogP contribution < -0.4 is 0 Å². The van der Waals surface area contributed by atoms with Crippen LogP contribution >= 0.6 is 0 Å². The molecule has 1 saturated carbocycles. The summed E-state index contributed by atoms with van der Waals surface area (Å²) in [7, 11) is 0. The Hall–Kier alpha value is -1.57. The summed E-state index contributed by atoms with van der Waals surface area (Å²) in [5.41, 5.74) is 0. The first kappa shape index (κ1) is 14.5. The zero-order chi connectivity index (χ0) is 13.4. The zero-order valence-corrected chi connectivity index (χ0v) is 11.0. The number of carboxylic acids is 1. The lowest BCUT2D eigenvalue weighted by Gasteiger charge is -2.09. The van der Waals surface area contributed by atoms with Crippen molar-refractivity contribution in [1.82, 2.24) is 0 Å². The molecule has 0 amide bonds. The number of rotatable bonds is 1. The highest BCUT2D eigenvalue weighted by Crippen LogP contribution is 2.42. The summed E-state index contributed by atoms with van der Waals surface area (Å²) < 4.78 is 0. The molecule has 18 heavy (non-hydrogen) atoms. The van der Waals surface area contributed by atoms with E-state index >= 15 is 0 Å². The summed E-state index contributed by atoms with van der Waals surface area (Å²) in [6, 6.07) is 0. The summed E-state index contributed by atoms with van der Waals surface area (Å²) in [6.45, 7) is 5.33.